The number of fused-ring (bicyclic) bond motifs is 2. The molecule has 19 heavy (non-hydrogen) atoms. The minimum absolute atomic E-state index is 0.227. The van der Waals surface area contributed by atoms with Crippen LogP contribution in [0.15, 0.2) is 23.3 Å². The van der Waals surface area contributed by atoms with Crippen molar-refractivity contribution in [2.24, 2.45) is 11.8 Å². The molecule has 1 heterocycles. The summed E-state index contributed by atoms with van der Waals surface area (Å²) >= 11 is 0. The third-order valence-corrected chi connectivity index (χ3v) is 5.42. The second-order valence-electron chi connectivity index (χ2n) is 6.87. The van der Waals surface area contributed by atoms with Gasteiger partial charge in [0.2, 0.25) is 0 Å². The number of rotatable bonds is 0. The Labute approximate surface area is 114 Å². The Bertz CT molecular complexity index is 500. The molecule has 2 fully saturated rings. The van der Waals surface area contributed by atoms with E-state index in [2.05, 4.69) is 6.58 Å². The molecule has 3 rings (SSSR count). The van der Waals surface area contributed by atoms with Crippen molar-refractivity contribution in [3.63, 3.8) is 0 Å². The number of carbonyl (C=O) groups is 1. The number of ether oxygens (including phenoxy) is 1. The van der Waals surface area contributed by atoms with Gasteiger partial charge in [0.25, 0.3) is 0 Å². The number of hydrogen-bond donors (Lipinski definition) is 1. The zero-order chi connectivity index (χ0) is 14.0. The maximum Gasteiger partial charge on any atom is 0.334 e. The van der Waals surface area contributed by atoms with Crippen molar-refractivity contribution >= 4 is 5.97 Å². The van der Waals surface area contributed by atoms with Gasteiger partial charge in [0.1, 0.15) is 5.60 Å². The highest BCUT2D eigenvalue weighted by Gasteiger charge is 2.55. The molecule has 0 spiro atoms. The molecule has 1 aliphatic heterocycles. The van der Waals surface area contributed by atoms with Crippen molar-refractivity contribution in [3.8, 4) is 0 Å². The summed E-state index contributed by atoms with van der Waals surface area (Å²) in [5.41, 5.74) is 1.60. The second-order valence-corrected chi connectivity index (χ2v) is 6.87. The molecule has 0 amide bonds. The first-order valence-corrected chi connectivity index (χ1v) is 7.08. The van der Waals surface area contributed by atoms with E-state index in [-0.39, 0.29) is 17.8 Å². The first kappa shape index (κ1) is 12.9. The van der Waals surface area contributed by atoms with Crippen LogP contribution >= 0.6 is 0 Å². The van der Waals surface area contributed by atoms with Gasteiger partial charge in [0, 0.05) is 12.0 Å². The molecule has 0 aromatic rings. The third kappa shape index (κ3) is 1.71. The highest BCUT2D eigenvalue weighted by Crippen LogP contribution is 2.55. The molecule has 3 heteroatoms. The van der Waals surface area contributed by atoms with Gasteiger partial charge in [-0.2, -0.15) is 0 Å². The summed E-state index contributed by atoms with van der Waals surface area (Å²) in [7, 11) is 0. The summed E-state index contributed by atoms with van der Waals surface area (Å²) in [6, 6.07) is 0. The minimum atomic E-state index is -0.800. The lowest BCUT2D eigenvalue weighted by atomic mass is 9.78. The average molecular weight is 262 g/mol. The van der Waals surface area contributed by atoms with Crippen LogP contribution in [0.25, 0.3) is 0 Å². The molecule has 0 aromatic carbocycles. The smallest absolute Gasteiger partial charge is 0.334 e. The van der Waals surface area contributed by atoms with Crippen LogP contribution in [0.3, 0.4) is 0 Å². The normalized spacial score (nSPS) is 45.9. The van der Waals surface area contributed by atoms with Gasteiger partial charge >= 0.3 is 5.97 Å². The fraction of sp³-hybridized carbons (Fsp3) is 0.688. The summed E-state index contributed by atoms with van der Waals surface area (Å²) in [4.78, 5) is 11.9. The van der Waals surface area contributed by atoms with Gasteiger partial charge in [-0.25, -0.2) is 4.79 Å². The first-order valence-electron chi connectivity index (χ1n) is 7.08. The van der Waals surface area contributed by atoms with Crippen LogP contribution in [0.5, 0.6) is 0 Å². The highest BCUT2D eigenvalue weighted by atomic mass is 16.6. The Kier molecular flexibility index (Phi) is 2.53. The van der Waals surface area contributed by atoms with Gasteiger partial charge in [-0.3, -0.25) is 0 Å². The summed E-state index contributed by atoms with van der Waals surface area (Å²) in [5, 5.41) is 10.9. The lowest BCUT2D eigenvalue weighted by molar-refractivity contribution is -0.150. The molecule has 104 valence electrons. The number of allylic oxidation sites excluding steroid dienone is 1. The molecule has 0 aromatic heterocycles. The zero-order valence-corrected chi connectivity index (χ0v) is 12.0. The van der Waals surface area contributed by atoms with Gasteiger partial charge in [0.05, 0.1) is 5.60 Å². The molecule has 4 atom stereocenters. The van der Waals surface area contributed by atoms with Crippen molar-refractivity contribution in [1.29, 1.82) is 0 Å². The number of carbonyl (C=O) groups excluding carboxylic acids is 1. The van der Waals surface area contributed by atoms with Crippen LogP contribution in [-0.4, -0.2) is 22.3 Å². The van der Waals surface area contributed by atoms with E-state index in [4.69, 9.17) is 4.74 Å². The van der Waals surface area contributed by atoms with Crippen LogP contribution in [0, 0.1) is 11.8 Å². The Morgan fingerprint density at radius 3 is 2.79 bits per heavy atom. The van der Waals surface area contributed by atoms with E-state index >= 15 is 0 Å². The molecular formula is C16H22O3. The molecular weight excluding hydrogens is 240 g/mol. The van der Waals surface area contributed by atoms with E-state index < -0.39 is 11.2 Å². The predicted molar refractivity (Wildman–Crippen MR) is 72.4 cm³/mol. The van der Waals surface area contributed by atoms with E-state index in [0.717, 1.165) is 30.4 Å². The second kappa shape index (κ2) is 3.72. The quantitative estimate of drug-likeness (QED) is 0.539. The summed E-state index contributed by atoms with van der Waals surface area (Å²) in [5.74, 6) is 0.299. The molecule has 1 N–H and O–H groups in total. The number of aliphatic hydroxyl groups is 1. The van der Waals surface area contributed by atoms with Gasteiger partial charge in [-0.15, -0.1) is 0 Å². The Hall–Kier alpha value is -1.09. The molecule has 3 nitrogen and oxygen atoms in total. The monoisotopic (exact) mass is 262 g/mol. The van der Waals surface area contributed by atoms with Crippen molar-refractivity contribution in [1.82, 2.24) is 0 Å². The van der Waals surface area contributed by atoms with Crippen LogP contribution in [0.1, 0.15) is 46.5 Å². The summed E-state index contributed by atoms with van der Waals surface area (Å²) < 4.78 is 5.58. The topological polar surface area (TPSA) is 46.5 Å². The van der Waals surface area contributed by atoms with Crippen LogP contribution in [0.2, 0.25) is 0 Å². The highest BCUT2D eigenvalue weighted by molar-refractivity contribution is 5.92. The fourth-order valence-corrected chi connectivity index (χ4v) is 4.45. The van der Waals surface area contributed by atoms with Crippen LogP contribution < -0.4 is 0 Å². The summed E-state index contributed by atoms with van der Waals surface area (Å²) in [6.45, 7) is 9.84. The van der Waals surface area contributed by atoms with E-state index in [0.29, 0.717) is 6.42 Å². The van der Waals surface area contributed by atoms with E-state index in [1.807, 2.05) is 20.8 Å². The standard InChI is InChI=1S/C16H22O3/c1-9-5-6-12-11(9)7-13-10(2)14(17)19-16(13,4)8-15(12,3)18/h11-12,18H,1,5-8H2,2-4H3. The van der Waals surface area contributed by atoms with Gasteiger partial charge < -0.3 is 9.84 Å². The first-order chi connectivity index (χ1) is 8.74. The average Bonchev–Trinajstić information content (AvgIpc) is 2.70. The van der Waals surface area contributed by atoms with Crippen molar-refractivity contribution in [2.75, 3.05) is 0 Å². The fourth-order valence-electron chi connectivity index (χ4n) is 4.45. The van der Waals surface area contributed by atoms with Crippen molar-refractivity contribution in [2.45, 2.75) is 57.7 Å². The van der Waals surface area contributed by atoms with E-state index in [9.17, 15) is 9.90 Å². The minimum Gasteiger partial charge on any atom is -0.451 e. The van der Waals surface area contributed by atoms with Gasteiger partial charge in [-0.05, 0) is 57.4 Å². The molecule has 0 bridgehead atoms. The third-order valence-electron chi connectivity index (χ3n) is 5.42. The lowest BCUT2D eigenvalue weighted by Crippen LogP contribution is -2.42. The number of esters is 1. The lowest BCUT2D eigenvalue weighted by Gasteiger charge is -2.35. The van der Waals surface area contributed by atoms with Crippen molar-refractivity contribution < 1.29 is 14.6 Å². The van der Waals surface area contributed by atoms with Gasteiger partial charge in [-0.1, -0.05) is 12.2 Å². The van der Waals surface area contributed by atoms with Crippen LogP contribution in [-0.2, 0) is 9.53 Å². The predicted octanol–water partition coefficient (Wildman–Crippen LogP) is 2.75. The SMILES string of the molecule is C=C1CCC2C1CC1=C(C)C(=O)OC1(C)CC2(C)O. The van der Waals surface area contributed by atoms with E-state index in [1.54, 1.807) is 0 Å². The Balaban J connectivity index is 2.10. The zero-order valence-electron chi connectivity index (χ0n) is 12.0. The number of hydrogen-bond acceptors (Lipinski definition) is 3. The van der Waals surface area contributed by atoms with E-state index in [1.165, 1.54) is 5.57 Å². The van der Waals surface area contributed by atoms with Gasteiger partial charge in [0.15, 0.2) is 0 Å². The van der Waals surface area contributed by atoms with Crippen LogP contribution in [0.4, 0.5) is 0 Å². The Morgan fingerprint density at radius 1 is 1.42 bits per heavy atom. The summed E-state index contributed by atoms with van der Waals surface area (Å²) in [6.07, 6.45) is 3.29. The molecule has 0 radical (unpaired) electrons. The molecule has 4 unspecified atom stereocenters. The molecule has 2 saturated carbocycles. The largest absolute Gasteiger partial charge is 0.451 e. The maximum atomic E-state index is 11.9. The maximum absolute atomic E-state index is 11.9. The molecule has 0 saturated heterocycles. The molecule has 3 aliphatic rings. The Morgan fingerprint density at radius 2 is 2.11 bits per heavy atom. The van der Waals surface area contributed by atoms with Crippen molar-refractivity contribution in [3.05, 3.63) is 23.3 Å². The molecule has 2 aliphatic carbocycles.